The smallest absolute Gasteiger partial charge is 0.338 e. The van der Waals surface area contributed by atoms with E-state index in [4.69, 9.17) is 14.2 Å². The van der Waals surface area contributed by atoms with Crippen LogP contribution >= 0.6 is 0 Å². The van der Waals surface area contributed by atoms with Crippen LogP contribution in [0.3, 0.4) is 0 Å². The van der Waals surface area contributed by atoms with Crippen molar-refractivity contribution in [3.63, 3.8) is 0 Å². The van der Waals surface area contributed by atoms with Crippen LogP contribution in [0.5, 0.6) is 5.75 Å². The number of nitrogens with one attached hydrogen (secondary N) is 1. The molecule has 0 saturated heterocycles. The molecule has 0 fully saturated rings. The van der Waals surface area contributed by atoms with Gasteiger partial charge < -0.3 is 19.5 Å². The molecule has 2 rings (SSSR count). The van der Waals surface area contributed by atoms with E-state index in [0.29, 0.717) is 24.6 Å². The Morgan fingerprint density at radius 2 is 1.79 bits per heavy atom. The normalized spacial score (nSPS) is 10.4. The molecule has 0 aromatic heterocycles. The highest BCUT2D eigenvalue weighted by molar-refractivity contribution is 5.91. The van der Waals surface area contributed by atoms with Gasteiger partial charge in [-0.3, -0.25) is 10.1 Å². The molecule has 0 aliphatic rings. The Balaban J connectivity index is 1.92. The van der Waals surface area contributed by atoms with Gasteiger partial charge in [-0.05, 0) is 49.2 Å². The van der Waals surface area contributed by atoms with E-state index in [2.05, 4.69) is 5.32 Å². The summed E-state index contributed by atoms with van der Waals surface area (Å²) in [5.41, 5.74) is 2.39. The summed E-state index contributed by atoms with van der Waals surface area (Å²) in [4.78, 5) is 22.9. The maximum atomic E-state index is 12.2. The van der Waals surface area contributed by atoms with E-state index < -0.39 is 10.9 Å². The third kappa shape index (κ3) is 6.24. The van der Waals surface area contributed by atoms with Gasteiger partial charge in [0.2, 0.25) is 0 Å². The van der Waals surface area contributed by atoms with E-state index in [1.54, 1.807) is 7.11 Å². The molecule has 0 bridgehead atoms. The second-order valence-corrected chi connectivity index (χ2v) is 6.22. The zero-order valence-electron chi connectivity index (χ0n) is 16.2. The van der Waals surface area contributed by atoms with Crippen molar-refractivity contribution in [2.45, 2.75) is 13.8 Å². The van der Waals surface area contributed by atoms with E-state index in [-0.39, 0.29) is 24.5 Å². The monoisotopic (exact) mass is 388 g/mol. The summed E-state index contributed by atoms with van der Waals surface area (Å²) in [7, 11) is 1.54. The molecule has 1 N–H and O–H groups in total. The third-order valence-corrected chi connectivity index (χ3v) is 3.83. The van der Waals surface area contributed by atoms with Crippen molar-refractivity contribution in [2.75, 3.05) is 38.8 Å². The highest BCUT2D eigenvalue weighted by Gasteiger charge is 2.18. The molecule has 0 aliphatic carbocycles. The molecule has 0 atom stereocenters. The molecule has 0 amide bonds. The Morgan fingerprint density at radius 3 is 2.43 bits per heavy atom. The first-order chi connectivity index (χ1) is 13.4. The molecule has 8 heteroatoms. The Bertz CT molecular complexity index is 817. The first kappa shape index (κ1) is 21.2. The standard InChI is InChI=1S/C20H24N2O6/c1-14-10-15(2)12-17(11-14)27-8-9-28-20(23)16-4-5-18(21-6-7-26-3)19(13-16)22(24)25/h4-5,10-13,21H,6-9H2,1-3H3. The highest BCUT2D eigenvalue weighted by Crippen LogP contribution is 2.25. The Morgan fingerprint density at radius 1 is 1.07 bits per heavy atom. The Labute approximate surface area is 163 Å². The minimum Gasteiger partial charge on any atom is -0.490 e. The summed E-state index contributed by atoms with van der Waals surface area (Å²) < 4.78 is 15.6. The van der Waals surface area contributed by atoms with Gasteiger partial charge in [-0.1, -0.05) is 6.07 Å². The van der Waals surface area contributed by atoms with Crippen LogP contribution in [0.25, 0.3) is 0 Å². The lowest BCUT2D eigenvalue weighted by atomic mass is 10.1. The van der Waals surface area contributed by atoms with Crippen molar-refractivity contribution in [3.05, 3.63) is 63.2 Å². The molecule has 0 spiro atoms. The van der Waals surface area contributed by atoms with Gasteiger partial charge in [0.1, 0.15) is 24.7 Å². The van der Waals surface area contributed by atoms with E-state index in [1.807, 2.05) is 32.0 Å². The average Bonchev–Trinajstić information content (AvgIpc) is 2.64. The lowest BCUT2D eigenvalue weighted by molar-refractivity contribution is -0.384. The van der Waals surface area contributed by atoms with Crippen LogP contribution in [0.15, 0.2) is 36.4 Å². The minimum absolute atomic E-state index is 0.0352. The lowest BCUT2D eigenvalue weighted by Crippen LogP contribution is -2.13. The van der Waals surface area contributed by atoms with Crippen molar-refractivity contribution in [1.29, 1.82) is 0 Å². The van der Waals surface area contributed by atoms with Crippen molar-refractivity contribution >= 4 is 17.3 Å². The largest absolute Gasteiger partial charge is 0.490 e. The van der Waals surface area contributed by atoms with Gasteiger partial charge >= 0.3 is 5.97 Å². The fourth-order valence-electron chi connectivity index (χ4n) is 2.64. The van der Waals surface area contributed by atoms with Crippen molar-refractivity contribution in [3.8, 4) is 5.75 Å². The van der Waals surface area contributed by atoms with Crippen LogP contribution < -0.4 is 10.1 Å². The summed E-state index contributed by atoms with van der Waals surface area (Å²) in [5.74, 6) is 0.0613. The van der Waals surface area contributed by atoms with Crippen molar-refractivity contribution in [2.24, 2.45) is 0 Å². The first-order valence-electron chi connectivity index (χ1n) is 8.80. The number of nitro benzene ring substituents is 1. The maximum Gasteiger partial charge on any atom is 0.338 e. The van der Waals surface area contributed by atoms with Gasteiger partial charge in [-0.15, -0.1) is 0 Å². The molecule has 0 aliphatic heterocycles. The number of benzene rings is 2. The fourth-order valence-corrected chi connectivity index (χ4v) is 2.64. The molecular weight excluding hydrogens is 364 g/mol. The van der Waals surface area contributed by atoms with Crippen LogP contribution in [0.2, 0.25) is 0 Å². The van der Waals surface area contributed by atoms with Gasteiger partial charge in [-0.25, -0.2) is 4.79 Å². The number of hydrogen-bond donors (Lipinski definition) is 1. The van der Waals surface area contributed by atoms with Crippen LogP contribution in [0.1, 0.15) is 21.5 Å². The highest BCUT2D eigenvalue weighted by atomic mass is 16.6. The summed E-state index contributed by atoms with van der Waals surface area (Å²) in [6.07, 6.45) is 0. The number of ether oxygens (including phenoxy) is 3. The summed E-state index contributed by atoms with van der Waals surface area (Å²) in [6.45, 7) is 4.99. The Hall–Kier alpha value is -3.13. The van der Waals surface area contributed by atoms with Gasteiger partial charge in [0.25, 0.3) is 5.69 Å². The molecule has 150 valence electrons. The summed E-state index contributed by atoms with van der Waals surface area (Å²) in [5, 5.41) is 14.2. The average molecular weight is 388 g/mol. The van der Waals surface area contributed by atoms with Crippen LogP contribution in [0.4, 0.5) is 11.4 Å². The number of carbonyl (C=O) groups excluding carboxylic acids is 1. The Kier molecular flexibility index (Phi) is 7.76. The third-order valence-electron chi connectivity index (χ3n) is 3.83. The molecule has 0 radical (unpaired) electrons. The number of hydrogen-bond acceptors (Lipinski definition) is 7. The maximum absolute atomic E-state index is 12.2. The van der Waals surface area contributed by atoms with E-state index >= 15 is 0 Å². The fraction of sp³-hybridized carbons (Fsp3) is 0.350. The second kappa shape index (κ2) is 10.3. The number of nitrogens with zero attached hydrogens (tertiary/aromatic N) is 1. The topological polar surface area (TPSA) is 99.9 Å². The van der Waals surface area contributed by atoms with Crippen molar-refractivity contribution < 1.29 is 23.9 Å². The minimum atomic E-state index is -0.643. The molecular formula is C20H24N2O6. The predicted molar refractivity (Wildman–Crippen MR) is 105 cm³/mol. The number of rotatable bonds is 10. The number of carbonyl (C=O) groups is 1. The summed E-state index contributed by atoms with van der Waals surface area (Å²) >= 11 is 0. The number of anilines is 1. The molecule has 2 aromatic carbocycles. The van der Waals surface area contributed by atoms with Gasteiger partial charge in [0.15, 0.2) is 0 Å². The molecule has 0 saturated carbocycles. The van der Waals surface area contributed by atoms with Crippen LogP contribution in [-0.4, -0.2) is 44.4 Å². The van der Waals surface area contributed by atoms with Gasteiger partial charge in [-0.2, -0.15) is 0 Å². The zero-order valence-corrected chi connectivity index (χ0v) is 16.2. The SMILES string of the molecule is COCCNc1ccc(C(=O)OCCOc2cc(C)cc(C)c2)cc1[N+](=O)[O-]. The predicted octanol–water partition coefficient (Wildman–Crippen LogP) is 3.51. The molecule has 8 nitrogen and oxygen atoms in total. The number of aryl methyl sites for hydroxylation is 2. The van der Waals surface area contributed by atoms with Crippen molar-refractivity contribution in [1.82, 2.24) is 0 Å². The molecule has 2 aromatic rings. The lowest BCUT2D eigenvalue weighted by Gasteiger charge is -2.10. The van der Waals surface area contributed by atoms with E-state index in [9.17, 15) is 14.9 Å². The molecule has 0 unspecified atom stereocenters. The molecule has 28 heavy (non-hydrogen) atoms. The van der Waals surface area contributed by atoms with E-state index in [0.717, 1.165) is 11.1 Å². The second-order valence-electron chi connectivity index (χ2n) is 6.22. The van der Waals surface area contributed by atoms with E-state index in [1.165, 1.54) is 18.2 Å². The zero-order chi connectivity index (χ0) is 20.5. The van der Waals surface area contributed by atoms with Gasteiger partial charge in [0.05, 0.1) is 17.1 Å². The quantitative estimate of drug-likeness (QED) is 0.288. The number of esters is 1. The first-order valence-corrected chi connectivity index (χ1v) is 8.80. The van der Waals surface area contributed by atoms with Crippen LogP contribution in [0, 0.1) is 24.0 Å². The number of nitro groups is 1. The summed E-state index contributed by atoms with van der Waals surface area (Å²) in [6, 6.07) is 9.99. The molecule has 0 heterocycles. The van der Waals surface area contributed by atoms with Crippen LogP contribution in [-0.2, 0) is 9.47 Å². The van der Waals surface area contributed by atoms with Gasteiger partial charge in [0, 0.05) is 19.7 Å². The number of methoxy groups -OCH3 is 1.